The van der Waals surface area contributed by atoms with E-state index in [1.165, 1.54) is 48.8 Å². The molecule has 1 aromatic carbocycles. The van der Waals surface area contributed by atoms with Crippen LogP contribution in [0, 0.1) is 6.92 Å². The number of ether oxygens (including phenoxy) is 1. The topological polar surface area (TPSA) is 31.4 Å². The van der Waals surface area contributed by atoms with Crippen LogP contribution in [0.15, 0.2) is 36.5 Å². The highest BCUT2D eigenvalue weighted by molar-refractivity contribution is 6.70. The minimum Gasteiger partial charge on any atom is -0.481 e. The molecule has 2 aromatic rings. The Labute approximate surface area is 158 Å². The third kappa shape index (κ3) is 4.74. The Kier molecular flexibility index (Phi) is 6.15. The molecule has 0 bridgehead atoms. The second-order valence-electron chi connectivity index (χ2n) is 8.01. The fraction of sp³-hybridized carbons (Fsp3) is 0.500. The van der Waals surface area contributed by atoms with Gasteiger partial charge in [-0.1, -0.05) is 37.5 Å². The fourth-order valence-corrected chi connectivity index (χ4v) is 6.51. The van der Waals surface area contributed by atoms with Crippen molar-refractivity contribution in [3.63, 3.8) is 0 Å². The Balaban J connectivity index is 1.83. The van der Waals surface area contributed by atoms with E-state index in [0.29, 0.717) is 12.0 Å². The van der Waals surface area contributed by atoms with Crippen LogP contribution in [0.25, 0.3) is 11.1 Å². The summed E-state index contributed by atoms with van der Waals surface area (Å²) in [6.07, 6.45) is 8.88. The molecule has 3 nitrogen and oxygen atoms in total. The summed E-state index contributed by atoms with van der Waals surface area (Å²) in [5.74, 6) is 0.652. The second-order valence-corrected chi connectivity index (χ2v) is 12.1. The Morgan fingerprint density at radius 3 is 2.50 bits per heavy atom. The minimum atomic E-state index is -1.78. The lowest BCUT2D eigenvalue weighted by atomic mass is 9.97. The van der Waals surface area contributed by atoms with Gasteiger partial charge in [-0.15, -0.1) is 0 Å². The SMILES string of the molecule is COc1ccc(-c2c(C)cccc2C[Si](C)(C)OC2CCCCC2)cn1. The zero-order valence-corrected chi connectivity index (χ0v) is 17.5. The molecular formula is C22H31NO2Si. The summed E-state index contributed by atoms with van der Waals surface area (Å²) >= 11 is 0. The van der Waals surface area contributed by atoms with Crippen LogP contribution in [0.2, 0.25) is 13.1 Å². The molecule has 1 saturated carbocycles. The van der Waals surface area contributed by atoms with Gasteiger partial charge in [0.05, 0.1) is 7.11 Å². The zero-order valence-electron chi connectivity index (χ0n) is 16.5. The van der Waals surface area contributed by atoms with Crippen molar-refractivity contribution in [3.05, 3.63) is 47.7 Å². The number of benzene rings is 1. The van der Waals surface area contributed by atoms with E-state index < -0.39 is 8.32 Å². The predicted molar refractivity (Wildman–Crippen MR) is 110 cm³/mol. The van der Waals surface area contributed by atoms with E-state index in [1.54, 1.807) is 7.11 Å². The number of aryl methyl sites for hydroxylation is 1. The van der Waals surface area contributed by atoms with Crippen LogP contribution in [0.4, 0.5) is 0 Å². The molecule has 26 heavy (non-hydrogen) atoms. The number of hydrogen-bond donors (Lipinski definition) is 0. The van der Waals surface area contributed by atoms with Gasteiger partial charge in [0.1, 0.15) is 0 Å². The van der Waals surface area contributed by atoms with Gasteiger partial charge in [-0.25, -0.2) is 4.98 Å². The molecule has 0 radical (unpaired) electrons. The molecule has 0 N–H and O–H groups in total. The first-order valence-corrected chi connectivity index (χ1v) is 12.9. The van der Waals surface area contributed by atoms with Crippen molar-refractivity contribution in [2.45, 2.75) is 64.3 Å². The third-order valence-corrected chi connectivity index (χ3v) is 7.45. The van der Waals surface area contributed by atoms with Gasteiger partial charge in [0, 0.05) is 23.9 Å². The first-order valence-electron chi connectivity index (χ1n) is 9.75. The monoisotopic (exact) mass is 369 g/mol. The lowest BCUT2D eigenvalue weighted by Gasteiger charge is -2.32. The average Bonchev–Trinajstić information content (AvgIpc) is 2.62. The van der Waals surface area contributed by atoms with E-state index in [1.807, 2.05) is 12.3 Å². The molecule has 1 aliphatic carbocycles. The summed E-state index contributed by atoms with van der Waals surface area (Å²) in [5, 5.41) is 0. The van der Waals surface area contributed by atoms with Crippen molar-refractivity contribution in [1.82, 2.24) is 4.98 Å². The summed E-state index contributed by atoms with van der Waals surface area (Å²) in [7, 11) is -0.131. The quantitative estimate of drug-likeness (QED) is 0.612. The van der Waals surface area contributed by atoms with Crippen molar-refractivity contribution in [1.29, 1.82) is 0 Å². The van der Waals surface area contributed by atoms with Gasteiger partial charge in [-0.05, 0) is 61.7 Å². The van der Waals surface area contributed by atoms with Gasteiger partial charge >= 0.3 is 0 Å². The number of methoxy groups -OCH3 is 1. The molecular weight excluding hydrogens is 338 g/mol. The predicted octanol–water partition coefficient (Wildman–Crippen LogP) is 5.70. The summed E-state index contributed by atoms with van der Waals surface area (Å²) < 4.78 is 11.9. The molecule has 1 aliphatic rings. The maximum atomic E-state index is 6.65. The maximum absolute atomic E-state index is 6.65. The number of hydrogen-bond acceptors (Lipinski definition) is 3. The van der Waals surface area contributed by atoms with Crippen molar-refractivity contribution in [2.24, 2.45) is 0 Å². The standard InChI is InChI=1S/C22H31NO2Si/c1-17-9-8-10-19(22(17)18-13-14-21(24-2)23-15-18)16-26(3,4)25-20-11-6-5-7-12-20/h8-10,13-15,20H,5-7,11-12,16H2,1-4H3. The van der Waals surface area contributed by atoms with Gasteiger partial charge in [-0.3, -0.25) is 0 Å². The number of pyridine rings is 1. The second kappa shape index (κ2) is 8.36. The number of nitrogens with zero attached hydrogens (tertiary/aromatic N) is 1. The van der Waals surface area contributed by atoms with Crippen molar-refractivity contribution < 1.29 is 9.16 Å². The van der Waals surface area contributed by atoms with Crippen LogP contribution < -0.4 is 4.74 Å². The summed E-state index contributed by atoms with van der Waals surface area (Å²) in [4.78, 5) is 4.40. The van der Waals surface area contributed by atoms with E-state index in [4.69, 9.17) is 9.16 Å². The Morgan fingerprint density at radius 1 is 1.08 bits per heavy atom. The van der Waals surface area contributed by atoms with Crippen molar-refractivity contribution in [3.8, 4) is 17.0 Å². The number of aromatic nitrogens is 1. The van der Waals surface area contributed by atoms with Crippen LogP contribution in [0.3, 0.4) is 0 Å². The zero-order chi connectivity index (χ0) is 18.6. The highest BCUT2D eigenvalue weighted by Crippen LogP contribution is 2.32. The van der Waals surface area contributed by atoms with Gasteiger partial charge in [0.25, 0.3) is 0 Å². The van der Waals surface area contributed by atoms with E-state index in [2.05, 4.69) is 49.3 Å². The van der Waals surface area contributed by atoms with E-state index in [-0.39, 0.29) is 0 Å². The summed E-state index contributed by atoms with van der Waals surface area (Å²) in [6.45, 7) is 6.90. The third-order valence-electron chi connectivity index (χ3n) is 5.25. The molecule has 3 rings (SSSR count). The Morgan fingerprint density at radius 2 is 1.85 bits per heavy atom. The van der Waals surface area contributed by atoms with Gasteiger partial charge in [-0.2, -0.15) is 0 Å². The van der Waals surface area contributed by atoms with Gasteiger partial charge in [0.2, 0.25) is 5.88 Å². The average molecular weight is 370 g/mol. The van der Waals surface area contributed by atoms with Crippen LogP contribution in [0.1, 0.15) is 43.2 Å². The van der Waals surface area contributed by atoms with Crippen LogP contribution in [0.5, 0.6) is 5.88 Å². The fourth-order valence-electron chi connectivity index (χ4n) is 4.07. The maximum Gasteiger partial charge on any atom is 0.212 e. The molecule has 0 aliphatic heterocycles. The Hall–Kier alpha value is -1.65. The number of rotatable bonds is 6. The van der Waals surface area contributed by atoms with Gasteiger partial charge < -0.3 is 9.16 Å². The lowest BCUT2D eigenvalue weighted by molar-refractivity contribution is 0.145. The van der Waals surface area contributed by atoms with Crippen LogP contribution in [-0.4, -0.2) is 26.5 Å². The van der Waals surface area contributed by atoms with Crippen LogP contribution >= 0.6 is 0 Å². The molecule has 1 heterocycles. The first kappa shape index (κ1) is 19.1. The molecule has 0 amide bonds. The first-order chi connectivity index (χ1) is 12.5. The molecule has 140 valence electrons. The molecule has 0 spiro atoms. The van der Waals surface area contributed by atoms with Crippen LogP contribution in [-0.2, 0) is 10.5 Å². The van der Waals surface area contributed by atoms with Gasteiger partial charge in [0.15, 0.2) is 8.32 Å². The molecule has 0 saturated heterocycles. The highest BCUT2D eigenvalue weighted by atomic mass is 28.4. The molecule has 0 unspecified atom stereocenters. The summed E-state index contributed by atoms with van der Waals surface area (Å²) in [6, 6.07) is 11.7. The van der Waals surface area contributed by atoms with Crippen molar-refractivity contribution in [2.75, 3.05) is 7.11 Å². The smallest absolute Gasteiger partial charge is 0.212 e. The highest BCUT2D eigenvalue weighted by Gasteiger charge is 2.29. The molecule has 1 aromatic heterocycles. The largest absolute Gasteiger partial charge is 0.481 e. The van der Waals surface area contributed by atoms with E-state index >= 15 is 0 Å². The minimum absolute atomic E-state index is 0.473. The normalized spacial score (nSPS) is 15.8. The Bertz CT molecular complexity index is 721. The summed E-state index contributed by atoms with van der Waals surface area (Å²) in [5.41, 5.74) is 5.12. The lowest BCUT2D eigenvalue weighted by Crippen LogP contribution is -2.39. The molecule has 1 fully saturated rings. The molecule has 0 atom stereocenters. The van der Waals surface area contributed by atoms with Crippen molar-refractivity contribution >= 4 is 8.32 Å². The molecule has 4 heteroatoms. The van der Waals surface area contributed by atoms with E-state index in [9.17, 15) is 0 Å². The van der Waals surface area contributed by atoms with E-state index in [0.717, 1.165) is 11.6 Å².